The fraction of sp³-hybridized carbons (Fsp3) is 0.308. The van der Waals surface area contributed by atoms with Crippen LogP contribution in [0.4, 0.5) is 0 Å². The molecule has 0 heterocycles. The van der Waals surface area contributed by atoms with Crippen LogP contribution in [0.5, 0.6) is 5.75 Å². The van der Waals surface area contributed by atoms with E-state index >= 15 is 0 Å². The van der Waals surface area contributed by atoms with Crippen LogP contribution in [0, 0.1) is 5.92 Å². The monoisotopic (exact) mass is 564 g/mol. The number of hydrogen-bond donors (Lipinski definition) is 1. The number of fused-ring (bicyclic) bond motifs is 1. The highest BCUT2D eigenvalue weighted by Crippen LogP contribution is 2.33. The van der Waals surface area contributed by atoms with Crippen LogP contribution in [-0.2, 0) is 16.1 Å². The summed E-state index contributed by atoms with van der Waals surface area (Å²) in [5.41, 5.74) is 0.690. The number of ether oxygens (including phenoxy) is 1. The van der Waals surface area contributed by atoms with E-state index in [1.807, 2.05) is 50.2 Å². The Balaban J connectivity index is 1.80. The highest BCUT2D eigenvalue weighted by molar-refractivity contribution is 9.10. The van der Waals surface area contributed by atoms with E-state index in [9.17, 15) is 9.59 Å². The van der Waals surface area contributed by atoms with Gasteiger partial charge in [0.25, 0.3) is 5.91 Å². The third kappa shape index (κ3) is 6.65. The van der Waals surface area contributed by atoms with Crippen molar-refractivity contribution < 1.29 is 14.3 Å². The highest BCUT2D eigenvalue weighted by atomic mass is 79.9. The zero-order chi connectivity index (χ0) is 24.8. The molecule has 5 nitrogen and oxygen atoms in total. The van der Waals surface area contributed by atoms with Gasteiger partial charge < -0.3 is 15.0 Å². The molecule has 3 rings (SSSR count). The Labute approximate surface area is 218 Å². The van der Waals surface area contributed by atoms with Crippen molar-refractivity contribution in [3.63, 3.8) is 0 Å². The Kier molecular flexibility index (Phi) is 9.23. The molecule has 3 aromatic rings. The molecular formula is C26H27BrCl2N2O3. The maximum atomic E-state index is 13.3. The molecular weight excluding hydrogens is 539 g/mol. The van der Waals surface area contributed by atoms with E-state index in [0.29, 0.717) is 33.8 Å². The molecule has 3 aromatic carbocycles. The van der Waals surface area contributed by atoms with Crippen LogP contribution >= 0.6 is 39.1 Å². The van der Waals surface area contributed by atoms with Gasteiger partial charge in [0, 0.05) is 23.1 Å². The molecule has 0 fully saturated rings. The molecule has 0 aromatic heterocycles. The van der Waals surface area contributed by atoms with Gasteiger partial charge in [-0.25, -0.2) is 0 Å². The average molecular weight is 566 g/mol. The summed E-state index contributed by atoms with van der Waals surface area (Å²) in [6.07, 6.45) is 0. The van der Waals surface area contributed by atoms with Crippen molar-refractivity contribution in [1.29, 1.82) is 0 Å². The van der Waals surface area contributed by atoms with Crippen LogP contribution in [0.2, 0.25) is 10.0 Å². The third-order valence-corrected chi connectivity index (χ3v) is 6.79. The second-order valence-corrected chi connectivity index (χ2v) is 10.1. The van der Waals surface area contributed by atoms with Gasteiger partial charge in [0.1, 0.15) is 11.8 Å². The van der Waals surface area contributed by atoms with Gasteiger partial charge in [-0.3, -0.25) is 9.59 Å². The minimum atomic E-state index is -0.721. The molecule has 8 heteroatoms. The third-order valence-electron chi connectivity index (χ3n) is 5.39. The maximum absolute atomic E-state index is 13.3. The summed E-state index contributed by atoms with van der Waals surface area (Å²) >= 11 is 16.0. The molecule has 0 aliphatic carbocycles. The molecule has 1 N–H and O–H groups in total. The number of halogens is 3. The number of benzene rings is 3. The number of nitrogens with one attached hydrogen (secondary N) is 1. The summed E-state index contributed by atoms with van der Waals surface area (Å²) in [4.78, 5) is 27.6. The smallest absolute Gasteiger partial charge is 0.261 e. The predicted molar refractivity (Wildman–Crippen MR) is 141 cm³/mol. The lowest BCUT2D eigenvalue weighted by molar-refractivity contribution is -0.142. The van der Waals surface area contributed by atoms with Crippen molar-refractivity contribution in [2.45, 2.75) is 33.4 Å². The Morgan fingerprint density at radius 3 is 2.50 bits per heavy atom. The molecule has 180 valence electrons. The first-order valence-corrected chi connectivity index (χ1v) is 12.5. The molecule has 1 unspecified atom stereocenters. The molecule has 0 bridgehead atoms. The van der Waals surface area contributed by atoms with Crippen molar-refractivity contribution in [3.05, 3.63) is 74.7 Å². The summed E-state index contributed by atoms with van der Waals surface area (Å²) < 4.78 is 6.65. The predicted octanol–water partition coefficient (Wildman–Crippen LogP) is 6.48. The Bertz CT molecular complexity index is 1190. The van der Waals surface area contributed by atoms with Gasteiger partial charge in [0.2, 0.25) is 5.91 Å². The van der Waals surface area contributed by atoms with E-state index in [2.05, 4.69) is 21.2 Å². The van der Waals surface area contributed by atoms with Crippen LogP contribution in [0.3, 0.4) is 0 Å². The van der Waals surface area contributed by atoms with E-state index in [0.717, 1.165) is 15.2 Å². The molecule has 0 aliphatic rings. The molecule has 2 amide bonds. The second-order valence-electron chi connectivity index (χ2n) is 8.46. The van der Waals surface area contributed by atoms with E-state index < -0.39 is 6.04 Å². The zero-order valence-electron chi connectivity index (χ0n) is 19.3. The topological polar surface area (TPSA) is 58.6 Å². The maximum Gasteiger partial charge on any atom is 0.261 e. The number of rotatable bonds is 9. The van der Waals surface area contributed by atoms with E-state index in [1.165, 1.54) is 4.90 Å². The molecule has 34 heavy (non-hydrogen) atoms. The number of amides is 2. The van der Waals surface area contributed by atoms with Crippen molar-refractivity contribution in [1.82, 2.24) is 10.2 Å². The first-order valence-electron chi connectivity index (χ1n) is 11.0. The molecule has 0 saturated carbocycles. The van der Waals surface area contributed by atoms with E-state index in [1.54, 1.807) is 25.1 Å². The van der Waals surface area contributed by atoms with Gasteiger partial charge in [-0.1, -0.05) is 73.4 Å². The van der Waals surface area contributed by atoms with Crippen LogP contribution < -0.4 is 10.1 Å². The van der Waals surface area contributed by atoms with E-state index in [-0.39, 0.29) is 25.0 Å². The minimum absolute atomic E-state index is 0.146. The average Bonchev–Trinajstić information content (AvgIpc) is 2.81. The van der Waals surface area contributed by atoms with Gasteiger partial charge in [-0.15, -0.1) is 0 Å². The number of carbonyl (C=O) groups excluding carboxylic acids is 2. The summed E-state index contributed by atoms with van der Waals surface area (Å²) in [7, 11) is 0. The first-order chi connectivity index (χ1) is 16.2. The summed E-state index contributed by atoms with van der Waals surface area (Å²) in [5.74, 6) is 0.269. The van der Waals surface area contributed by atoms with Gasteiger partial charge in [-0.05, 0) is 63.3 Å². The van der Waals surface area contributed by atoms with Gasteiger partial charge in [0.05, 0.1) is 4.47 Å². The Morgan fingerprint density at radius 2 is 1.79 bits per heavy atom. The largest absolute Gasteiger partial charge is 0.483 e. The normalized spacial score (nSPS) is 12.0. The zero-order valence-corrected chi connectivity index (χ0v) is 22.4. The van der Waals surface area contributed by atoms with Crippen LogP contribution in [0.1, 0.15) is 26.3 Å². The minimum Gasteiger partial charge on any atom is -0.483 e. The van der Waals surface area contributed by atoms with Gasteiger partial charge in [0.15, 0.2) is 6.61 Å². The lowest BCUT2D eigenvalue weighted by atomic mass is 10.1. The quantitative estimate of drug-likeness (QED) is 0.323. The molecule has 1 atom stereocenters. The molecule has 0 radical (unpaired) electrons. The number of nitrogens with zero attached hydrogens (tertiary/aromatic N) is 1. The Hall–Kier alpha value is -2.28. The van der Waals surface area contributed by atoms with Crippen LogP contribution in [0.25, 0.3) is 10.8 Å². The number of carbonyl (C=O) groups is 2. The van der Waals surface area contributed by atoms with Crippen molar-refractivity contribution in [2.24, 2.45) is 5.92 Å². The van der Waals surface area contributed by atoms with E-state index in [4.69, 9.17) is 27.9 Å². The lowest BCUT2D eigenvalue weighted by Gasteiger charge is -2.29. The van der Waals surface area contributed by atoms with Gasteiger partial charge in [-0.2, -0.15) is 0 Å². The fourth-order valence-electron chi connectivity index (χ4n) is 3.42. The molecule has 0 spiro atoms. The van der Waals surface area contributed by atoms with Crippen LogP contribution in [0.15, 0.2) is 59.1 Å². The summed E-state index contributed by atoms with van der Waals surface area (Å²) in [5, 5.41) is 5.87. The Morgan fingerprint density at radius 1 is 1.06 bits per heavy atom. The highest BCUT2D eigenvalue weighted by Gasteiger charge is 2.27. The van der Waals surface area contributed by atoms with Gasteiger partial charge >= 0.3 is 0 Å². The number of hydrogen-bond acceptors (Lipinski definition) is 3. The molecule has 0 saturated heterocycles. The second kappa shape index (κ2) is 11.9. The summed E-state index contributed by atoms with van der Waals surface area (Å²) in [6, 6.07) is 16.0. The van der Waals surface area contributed by atoms with Crippen LogP contribution in [-0.4, -0.2) is 35.9 Å². The van der Waals surface area contributed by atoms with Crippen molar-refractivity contribution in [3.8, 4) is 5.75 Å². The first kappa shape index (κ1) is 26.3. The SMILES string of the molecule is CC(C)CNC(=O)C(C)N(Cc1ccc(Cl)cc1Cl)C(=O)COc1ccc2ccccc2c1Br. The lowest BCUT2D eigenvalue weighted by Crippen LogP contribution is -2.49. The fourth-order valence-corrected chi connectivity index (χ4v) is 4.49. The summed E-state index contributed by atoms with van der Waals surface area (Å²) in [6.45, 7) is 6.15. The standard InChI is InChI=1S/C26H27BrCl2N2O3/c1-16(2)13-30-26(33)17(3)31(14-19-8-10-20(28)12-22(19)29)24(32)15-34-23-11-9-18-6-4-5-7-21(18)25(23)27/h4-12,16-17H,13-15H2,1-3H3,(H,30,33). The van der Waals surface area contributed by atoms with Crippen molar-refractivity contribution in [2.75, 3.05) is 13.2 Å². The van der Waals surface area contributed by atoms with Crippen molar-refractivity contribution >= 4 is 61.7 Å². The molecule has 0 aliphatic heterocycles.